The standard InChI is InChI=1S/C32H26N4O4/c1-19-8-4-7-11-24(19)39-17-27-34-31-29-28(21-13-15-25(37-2)26(16-21)38-3)23-14-12-20-9-5-6-10-22(20)30(23)40-32(29)33-18-36(31)35-27/h4-16,18,28H,17H2,1-3H3/t28-/m0/s1. The van der Waals surface area contributed by atoms with E-state index in [2.05, 4.69) is 29.4 Å². The summed E-state index contributed by atoms with van der Waals surface area (Å²) in [6, 6.07) is 26.3. The molecule has 0 unspecified atom stereocenters. The van der Waals surface area contributed by atoms with Crippen LogP contribution in [0.15, 0.2) is 85.2 Å². The summed E-state index contributed by atoms with van der Waals surface area (Å²) in [7, 11) is 3.27. The second-order valence-corrected chi connectivity index (χ2v) is 9.67. The van der Waals surface area contributed by atoms with Crippen LogP contribution in [0, 0.1) is 6.92 Å². The van der Waals surface area contributed by atoms with Crippen molar-refractivity contribution in [1.82, 2.24) is 19.6 Å². The highest BCUT2D eigenvalue weighted by Crippen LogP contribution is 2.51. The van der Waals surface area contributed by atoms with Crippen LogP contribution in [0.2, 0.25) is 0 Å². The Kier molecular flexibility index (Phi) is 5.73. The van der Waals surface area contributed by atoms with E-state index >= 15 is 0 Å². The van der Waals surface area contributed by atoms with Gasteiger partial charge in [0.1, 0.15) is 24.4 Å². The Labute approximate surface area is 230 Å². The molecule has 0 fully saturated rings. The molecule has 0 saturated heterocycles. The maximum absolute atomic E-state index is 6.53. The fraction of sp³-hybridized carbons (Fsp3) is 0.156. The predicted molar refractivity (Wildman–Crippen MR) is 151 cm³/mol. The summed E-state index contributed by atoms with van der Waals surface area (Å²) in [5.74, 6) is 3.69. The van der Waals surface area contributed by atoms with Gasteiger partial charge in [0, 0.05) is 16.9 Å². The monoisotopic (exact) mass is 530 g/mol. The Morgan fingerprint density at radius 3 is 2.55 bits per heavy atom. The highest BCUT2D eigenvalue weighted by atomic mass is 16.5. The van der Waals surface area contributed by atoms with Crippen molar-refractivity contribution in [3.63, 3.8) is 0 Å². The Morgan fingerprint density at radius 2 is 1.70 bits per heavy atom. The summed E-state index contributed by atoms with van der Waals surface area (Å²) >= 11 is 0. The maximum atomic E-state index is 6.53. The van der Waals surface area contributed by atoms with Crippen LogP contribution in [0.4, 0.5) is 0 Å². The minimum Gasteiger partial charge on any atom is -0.493 e. The zero-order valence-corrected chi connectivity index (χ0v) is 22.3. The molecule has 0 radical (unpaired) electrons. The van der Waals surface area contributed by atoms with E-state index in [9.17, 15) is 0 Å². The lowest BCUT2D eigenvalue weighted by Gasteiger charge is -2.29. The van der Waals surface area contributed by atoms with Gasteiger partial charge in [-0.3, -0.25) is 0 Å². The number of aryl methyl sites for hydroxylation is 1. The summed E-state index contributed by atoms with van der Waals surface area (Å²) in [6.45, 7) is 2.24. The molecule has 0 saturated carbocycles. The van der Waals surface area contributed by atoms with E-state index in [1.807, 2.05) is 61.5 Å². The van der Waals surface area contributed by atoms with E-state index in [0.717, 1.165) is 44.5 Å². The first-order chi connectivity index (χ1) is 19.6. The molecular formula is C32H26N4O4. The van der Waals surface area contributed by atoms with Crippen molar-refractivity contribution in [3.8, 4) is 28.9 Å². The van der Waals surface area contributed by atoms with Crippen molar-refractivity contribution in [2.24, 2.45) is 0 Å². The molecule has 0 aliphatic carbocycles. The minimum absolute atomic E-state index is 0.227. The summed E-state index contributed by atoms with van der Waals surface area (Å²) in [4.78, 5) is 9.60. The van der Waals surface area contributed by atoms with Crippen LogP contribution in [-0.4, -0.2) is 33.8 Å². The van der Waals surface area contributed by atoms with Crippen LogP contribution >= 0.6 is 0 Å². The van der Waals surface area contributed by atoms with Gasteiger partial charge in [0.05, 0.1) is 19.8 Å². The van der Waals surface area contributed by atoms with Crippen molar-refractivity contribution < 1.29 is 18.9 Å². The molecule has 2 aromatic heterocycles. The van der Waals surface area contributed by atoms with Gasteiger partial charge in [-0.25, -0.2) is 14.5 Å². The first-order valence-electron chi connectivity index (χ1n) is 13.0. The third-order valence-corrected chi connectivity index (χ3v) is 7.33. The third kappa shape index (κ3) is 3.88. The van der Waals surface area contributed by atoms with Crippen LogP contribution in [0.3, 0.4) is 0 Å². The van der Waals surface area contributed by atoms with Crippen LogP contribution in [0.5, 0.6) is 28.9 Å². The highest BCUT2D eigenvalue weighted by molar-refractivity contribution is 5.91. The van der Waals surface area contributed by atoms with Crippen molar-refractivity contribution in [3.05, 3.63) is 113 Å². The van der Waals surface area contributed by atoms with Crippen LogP contribution in [-0.2, 0) is 6.61 Å². The van der Waals surface area contributed by atoms with E-state index in [1.165, 1.54) is 0 Å². The number of para-hydroxylation sites is 1. The lowest BCUT2D eigenvalue weighted by atomic mass is 9.82. The van der Waals surface area contributed by atoms with Gasteiger partial charge in [0.2, 0.25) is 5.88 Å². The number of rotatable bonds is 6. The lowest BCUT2D eigenvalue weighted by Crippen LogP contribution is -2.15. The molecule has 3 heterocycles. The van der Waals surface area contributed by atoms with Gasteiger partial charge in [0.25, 0.3) is 0 Å². The SMILES string of the molecule is COc1ccc([C@H]2c3ccc4ccccc4c3Oc3ncn4nc(COc5ccccc5C)nc4c32)cc1OC. The molecular weight excluding hydrogens is 504 g/mol. The number of hydrogen-bond acceptors (Lipinski definition) is 7. The highest BCUT2D eigenvalue weighted by Gasteiger charge is 2.34. The molecule has 1 atom stereocenters. The molecule has 6 aromatic rings. The molecule has 1 aliphatic heterocycles. The molecule has 0 amide bonds. The molecule has 40 heavy (non-hydrogen) atoms. The zero-order chi connectivity index (χ0) is 27.2. The predicted octanol–water partition coefficient (Wildman–Crippen LogP) is 6.47. The molecule has 0 spiro atoms. The normalized spacial score (nSPS) is 13.9. The molecule has 0 bridgehead atoms. The second-order valence-electron chi connectivity index (χ2n) is 9.67. The number of benzene rings is 4. The molecule has 7 rings (SSSR count). The molecule has 4 aromatic carbocycles. The Hall–Kier alpha value is -5.11. The van der Waals surface area contributed by atoms with Gasteiger partial charge in [-0.2, -0.15) is 0 Å². The van der Waals surface area contributed by atoms with E-state index in [-0.39, 0.29) is 12.5 Å². The fourth-order valence-corrected chi connectivity index (χ4v) is 5.39. The van der Waals surface area contributed by atoms with Crippen molar-refractivity contribution >= 4 is 16.4 Å². The number of methoxy groups -OCH3 is 2. The maximum Gasteiger partial charge on any atom is 0.228 e. The Balaban J connectivity index is 1.40. The fourth-order valence-electron chi connectivity index (χ4n) is 5.39. The van der Waals surface area contributed by atoms with E-state index in [4.69, 9.17) is 28.9 Å². The summed E-state index contributed by atoms with van der Waals surface area (Å²) in [6.07, 6.45) is 1.64. The van der Waals surface area contributed by atoms with Gasteiger partial charge in [-0.1, -0.05) is 60.7 Å². The van der Waals surface area contributed by atoms with Crippen molar-refractivity contribution in [1.29, 1.82) is 0 Å². The quantitative estimate of drug-likeness (QED) is 0.244. The Bertz CT molecular complexity index is 1900. The lowest BCUT2D eigenvalue weighted by molar-refractivity contribution is 0.294. The summed E-state index contributed by atoms with van der Waals surface area (Å²) < 4.78 is 25.5. The first-order valence-corrected chi connectivity index (χ1v) is 13.0. The molecule has 0 N–H and O–H groups in total. The number of aromatic nitrogens is 4. The zero-order valence-electron chi connectivity index (χ0n) is 22.3. The van der Waals surface area contributed by atoms with E-state index in [1.54, 1.807) is 25.1 Å². The molecule has 8 heteroatoms. The van der Waals surface area contributed by atoms with Crippen LogP contribution in [0.25, 0.3) is 16.4 Å². The third-order valence-electron chi connectivity index (χ3n) is 7.33. The Morgan fingerprint density at radius 1 is 0.875 bits per heavy atom. The molecule has 198 valence electrons. The molecule has 1 aliphatic rings. The first kappa shape index (κ1) is 24.0. The largest absolute Gasteiger partial charge is 0.493 e. The van der Waals surface area contributed by atoms with E-state index in [0.29, 0.717) is 28.9 Å². The number of hydrogen-bond donors (Lipinski definition) is 0. The average Bonchev–Trinajstić information content (AvgIpc) is 3.42. The second kappa shape index (κ2) is 9.57. The smallest absolute Gasteiger partial charge is 0.228 e. The van der Waals surface area contributed by atoms with Gasteiger partial charge in [-0.05, 0) is 41.6 Å². The minimum atomic E-state index is -0.242. The van der Waals surface area contributed by atoms with Gasteiger partial charge < -0.3 is 18.9 Å². The van der Waals surface area contributed by atoms with Crippen LogP contribution in [0.1, 0.15) is 34.0 Å². The van der Waals surface area contributed by atoms with Gasteiger partial charge in [-0.15, -0.1) is 5.10 Å². The van der Waals surface area contributed by atoms with Crippen molar-refractivity contribution in [2.45, 2.75) is 19.4 Å². The average molecular weight is 531 g/mol. The number of fused-ring (bicyclic) bond motifs is 6. The van der Waals surface area contributed by atoms with Gasteiger partial charge in [0.15, 0.2) is 23.0 Å². The topological polar surface area (TPSA) is 80.0 Å². The van der Waals surface area contributed by atoms with E-state index < -0.39 is 0 Å². The van der Waals surface area contributed by atoms with Crippen LogP contribution < -0.4 is 18.9 Å². The summed E-state index contributed by atoms with van der Waals surface area (Å²) in [5.41, 5.74) is 4.54. The van der Waals surface area contributed by atoms with Crippen molar-refractivity contribution in [2.75, 3.05) is 14.2 Å². The number of nitrogens with zero attached hydrogens (tertiary/aromatic N) is 4. The summed E-state index contributed by atoms with van der Waals surface area (Å²) in [5, 5.41) is 6.79. The number of ether oxygens (including phenoxy) is 4. The molecule has 8 nitrogen and oxygen atoms in total. The van der Waals surface area contributed by atoms with Gasteiger partial charge >= 0.3 is 0 Å².